The van der Waals surface area contributed by atoms with Gasteiger partial charge in [0.2, 0.25) is 0 Å². The van der Waals surface area contributed by atoms with Gasteiger partial charge < -0.3 is 20.3 Å². The lowest BCUT2D eigenvalue weighted by molar-refractivity contribution is -0.118. The molecule has 1 saturated heterocycles. The number of hydrogen-bond acceptors (Lipinski definition) is 4. The maximum Gasteiger partial charge on any atom is 0.262 e. The van der Waals surface area contributed by atoms with Crippen molar-refractivity contribution in [2.75, 3.05) is 37.0 Å². The van der Waals surface area contributed by atoms with Crippen LogP contribution in [0.1, 0.15) is 12.8 Å². The average molecular weight is 261 g/mol. The van der Waals surface area contributed by atoms with Gasteiger partial charge in [0.15, 0.2) is 6.61 Å². The zero-order valence-corrected chi connectivity index (χ0v) is 11.1. The third-order valence-electron chi connectivity index (χ3n) is 3.69. The summed E-state index contributed by atoms with van der Waals surface area (Å²) in [5, 5.41) is 6.33. The molecule has 19 heavy (non-hydrogen) atoms. The Kier molecular flexibility index (Phi) is 3.29. The van der Waals surface area contributed by atoms with E-state index < -0.39 is 0 Å². The molecule has 5 nitrogen and oxygen atoms in total. The fourth-order valence-electron chi connectivity index (χ4n) is 2.66. The molecule has 0 radical (unpaired) electrons. The van der Waals surface area contributed by atoms with Gasteiger partial charge >= 0.3 is 0 Å². The highest BCUT2D eigenvalue weighted by Crippen LogP contribution is 2.31. The summed E-state index contributed by atoms with van der Waals surface area (Å²) in [6, 6.07) is 6.49. The van der Waals surface area contributed by atoms with E-state index in [1.54, 1.807) is 0 Å². The van der Waals surface area contributed by atoms with Gasteiger partial charge in [-0.3, -0.25) is 4.79 Å². The molecule has 1 aromatic rings. The first-order valence-electron chi connectivity index (χ1n) is 6.73. The lowest BCUT2D eigenvalue weighted by Crippen LogP contribution is -2.35. The molecule has 102 valence electrons. The van der Waals surface area contributed by atoms with Crippen LogP contribution >= 0.6 is 0 Å². The second-order valence-electron chi connectivity index (χ2n) is 5.19. The summed E-state index contributed by atoms with van der Waals surface area (Å²) in [6.45, 7) is 2.20. The summed E-state index contributed by atoms with van der Waals surface area (Å²) in [7, 11) is 2.08. The van der Waals surface area contributed by atoms with Crippen molar-refractivity contribution in [1.82, 2.24) is 5.32 Å². The fourth-order valence-corrected chi connectivity index (χ4v) is 2.66. The lowest BCUT2D eigenvalue weighted by Gasteiger charge is -2.25. The molecule has 0 aromatic heterocycles. The second kappa shape index (κ2) is 5.09. The van der Waals surface area contributed by atoms with Gasteiger partial charge in [0.05, 0.1) is 5.69 Å². The first kappa shape index (κ1) is 12.3. The summed E-state index contributed by atoms with van der Waals surface area (Å²) < 4.78 is 5.36. The van der Waals surface area contributed by atoms with Crippen LogP contribution in [0.25, 0.3) is 0 Å². The van der Waals surface area contributed by atoms with E-state index >= 15 is 0 Å². The second-order valence-corrected chi connectivity index (χ2v) is 5.19. The Hall–Kier alpha value is -1.75. The van der Waals surface area contributed by atoms with E-state index in [1.165, 1.54) is 12.8 Å². The van der Waals surface area contributed by atoms with Gasteiger partial charge in [-0.15, -0.1) is 0 Å². The van der Waals surface area contributed by atoms with Gasteiger partial charge in [-0.1, -0.05) is 0 Å². The van der Waals surface area contributed by atoms with Crippen LogP contribution in [0.3, 0.4) is 0 Å². The predicted octanol–water partition coefficient (Wildman–Crippen LogP) is 1.21. The van der Waals surface area contributed by atoms with Crippen LogP contribution in [0, 0.1) is 0 Å². The van der Waals surface area contributed by atoms with E-state index in [4.69, 9.17) is 4.74 Å². The van der Waals surface area contributed by atoms with Gasteiger partial charge in [-0.2, -0.15) is 0 Å². The normalized spacial score (nSPS) is 21.5. The van der Waals surface area contributed by atoms with Crippen LogP contribution in [0.5, 0.6) is 5.75 Å². The first-order valence-corrected chi connectivity index (χ1v) is 6.73. The van der Waals surface area contributed by atoms with Crippen molar-refractivity contribution >= 4 is 17.3 Å². The first-order chi connectivity index (χ1) is 9.22. The quantitative estimate of drug-likeness (QED) is 0.858. The molecule has 1 fully saturated rings. The van der Waals surface area contributed by atoms with Crippen molar-refractivity contribution in [3.8, 4) is 5.75 Å². The number of amides is 1. The van der Waals surface area contributed by atoms with Crippen molar-refractivity contribution in [3.05, 3.63) is 18.2 Å². The van der Waals surface area contributed by atoms with Crippen LogP contribution in [0.2, 0.25) is 0 Å². The molecule has 2 heterocycles. The summed E-state index contributed by atoms with van der Waals surface area (Å²) >= 11 is 0. The number of likely N-dealkylation sites (N-methyl/N-ethyl adjacent to an activating group) is 1. The fraction of sp³-hybridized carbons (Fsp3) is 0.500. The minimum absolute atomic E-state index is 0.0928. The van der Waals surface area contributed by atoms with Crippen molar-refractivity contribution < 1.29 is 9.53 Å². The Morgan fingerprint density at radius 3 is 3.16 bits per heavy atom. The van der Waals surface area contributed by atoms with Crippen molar-refractivity contribution in [2.24, 2.45) is 0 Å². The molecule has 2 aliphatic rings. The number of rotatable bonds is 3. The van der Waals surface area contributed by atoms with Crippen LogP contribution in [-0.4, -0.2) is 38.7 Å². The van der Waals surface area contributed by atoms with Crippen LogP contribution in [0.4, 0.5) is 11.4 Å². The van der Waals surface area contributed by atoms with E-state index in [2.05, 4.69) is 22.6 Å². The zero-order valence-electron chi connectivity index (χ0n) is 11.1. The molecule has 3 rings (SSSR count). The smallest absolute Gasteiger partial charge is 0.262 e. The highest BCUT2D eigenvalue weighted by molar-refractivity contribution is 5.96. The topological polar surface area (TPSA) is 53.6 Å². The van der Waals surface area contributed by atoms with Crippen LogP contribution in [0.15, 0.2) is 18.2 Å². The number of hydrogen-bond donors (Lipinski definition) is 2. The number of carbonyl (C=O) groups excluding carboxylic acids is 1. The highest BCUT2D eigenvalue weighted by atomic mass is 16.5. The third-order valence-corrected chi connectivity index (χ3v) is 3.69. The minimum Gasteiger partial charge on any atom is -0.482 e. The number of ether oxygens (including phenoxy) is 1. The van der Waals surface area contributed by atoms with Crippen molar-refractivity contribution in [2.45, 2.75) is 18.9 Å². The molecule has 0 saturated carbocycles. The largest absolute Gasteiger partial charge is 0.482 e. The van der Waals surface area contributed by atoms with E-state index in [1.807, 2.05) is 18.2 Å². The number of nitrogens with zero attached hydrogens (tertiary/aromatic N) is 1. The van der Waals surface area contributed by atoms with Gasteiger partial charge in [-0.25, -0.2) is 0 Å². The van der Waals surface area contributed by atoms with E-state index in [0.717, 1.165) is 30.2 Å². The molecule has 2 aliphatic heterocycles. The van der Waals surface area contributed by atoms with Gasteiger partial charge in [-0.05, 0) is 37.6 Å². The Balaban J connectivity index is 1.73. The van der Waals surface area contributed by atoms with Crippen molar-refractivity contribution in [1.29, 1.82) is 0 Å². The molecule has 0 aliphatic carbocycles. The maximum absolute atomic E-state index is 11.3. The molecule has 1 aromatic carbocycles. The predicted molar refractivity (Wildman–Crippen MR) is 74.9 cm³/mol. The average Bonchev–Trinajstić information content (AvgIpc) is 2.90. The molecule has 0 bridgehead atoms. The monoisotopic (exact) mass is 261 g/mol. The van der Waals surface area contributed by atoms with Crippen molar-refractivity contribution in [3.63, 3.8) is 0 Å². The molecule has 2 N–H and O–H groups in total. The molecular formula is C14H19N3O2. The lowest BCUT2D eigenvalue weighted by atomic mass is 10.2. The Bertz CT molecular complexity index is 484. The van der Waals surface area contributed by atoms with E-state index in [9.17, 15) is 4.79 Å². The maximum atomic E-state index is 11.3. The third kappa shape index (κ3) is 2.66. The molecule has 0 spiro atoms. The summed E-state index contributed by atoms with van der Waals surface area (Å²) in [6.07, 6.45) is 2.49. The number of anilines is 2. The SMILES string of the molecule is CN(CC1CCCN1)c1ccc2c(c1)NC(=O)CO2. The Morgan fingerprint density at radius 1 is 1.47 bits per heavy atom. The zero-order chi connectivity index (χ0) is 13.2. The van der Waals surface area contributed by atoms with Crippen LogP contribution < -0.4 is 20.3 Å². The number of carbonyl (C=O) groups is 1. The molecule has 5 heteroatoms. The summed E-state index contributed by atoms with van der Waals surface area (Å²) in [5.41, 5.74) is 1.86. The van der Waals surface area contributed by atoms with Gasteiger partial charge in [0, 0.05) is 25.3 Å². The number of benzene rings is 1. The van der Waals surface area contributed by atoms with Gasteiger partial charge in [0.25, 0.3) is 5.91 Å². The van der Waals surface area contributed by atoms with Crippen LogP contribution in [-0.2, 0) is 4.79 Å². The number of fused-ring (bicyclic) bond motifs is 1. The minimum atomic E-state index is -0.0928. The van der Waals surface area contributed by atoms with E-state index in [0.29, 0.717) is 6.04 Å². The van der Waals surface area contributed by atoms with Gasteiger partial charge in [0.1, 0.15) is 5.75 Å². The molecule has 1 atom stereocenters. The van der Waals surface area contributed by atoms with E-state index in [-0.39, 0.29) is 12.5 Å². The standard InChI is InChI=1S/C14H19N3O2/c1-17(8-10-3-2-6-15-10)11-4-5-13-12(7-11)16-14(18)9-19-13/h4-5,7,10,15H,2-3,6,8-9H2,1H3,(H,16,18). The molecule has 1 amide bonds. The molecular weight excluding hydrogens is 242 g/mol. The molecule has 1 unspecified atom stereocenters. The Morgan fingerprint density at radius 2 is 2.37 bits per heavy atom. The summed E-state index contributed by atoms with van der Waals surface area (Å²) in [5.74, 6) is 0.653. The number of nitrogens with one attached hydrogen (secondary N) is 2. The Labute approximate surface area is 112 Å². The summed E-state index contributed by atoms with van der Waals surface area (Å²) in [4.78, 5) is 13.5. The highest BCUT2D eigenvalue weighted by Gasteiger charge is 2.19.